The third-order valence-electron chi connectivity index (χ3n) is 2.57. The molecule has 0 bridgehead atoms. The molecule has 1 aromatic rings. The molecule has 4 nitrogen and oxygen atoms in total. The Hall–Kier alpha value is -1.23. The van der Waals surface area contributed by atoms with Crippen LogP contribution in [0.25, 0.3) is 6.08 Å². The van der Waals surface area contributed by atoms with Crippen LogP contribution in [0.1, 0.15) is 19.4 Å². The van der Waals surface area contributed by atoms with Gasteiger partial charge in [0.05, 0.1) is 0 Å². The Morgan fingerprint density at radius 1 is 1.50 bits per heavy atom. The molecule has 0 aliphatic carbocycles. The molecule has 1 rings (SSSR count). The van der Waals surface area contributed by atoms with Crippen molar-refractivity contribution in [3.63, 3.8) is 0 Å². The van der Waals surface area contributed by atoms with Crippen molar-refractivity contribution in [1.82, 2.24) is 0 Å². The van der Waals surface area contributed by atoms with Gasteiger partial charge >= 0.3 is 129 Å². The van der Waals surface area contributed by atoms with Crippen molar-refractivity contribution in [3.05, 3.63) is 30.3 Å². The first-order chi connectivity index (χ1) is 9.44. The number of esters is 1. The summed E-state index contributed by atoms with van der Waals surface area (Å²) in [5, 5.41) is 0.671. The molecule has 0 N–H and O–H groups in total. The zero-order valence-electron chi connectivity index (χ0n) is 11.3. The van der Waals surface area contributed by atoms with Crippen molar-refractivity contribution in [2.75, 3.05) is 0 Å². The Morgan fingerprint density at radius 3 is 2.75 bits per heavy atom. The Bertz CT molecular complexity index is 514. The van der Waals surface area contributed by atoms with Crippen LogP contribution in [0.2, 0.25) is 5.32 Å². The molecule has 0 heterocycles. The van der Waals surface area contributed by atoms with Crippen LogP contribution in [0, 0.1) is 5.41 Å². The van der Waals surface area contributed by atoms with Gasteiger partial charge in [0, 0.05) is 0 Å². The number of ether oxygens (including phenoxy) is 2. The van der Waals surface area contributed by atoms with Crippen molar-refractivity contribution in [3.8, 4) is 11.5 Å². The van der Waals surface area contributed by atoms with E-state index in [1.165, 1.54) is 6.07 Å². The SMILES string of the molecule is C=Cc1ccc(OC(=O)C(C)(C)C[Se]S)cc1OC=O. The van der Waals surface area contributed by atoms with Gasteiger partial charge in [-0.3, -0.25) is 0 Å². The van der Waals surface area contributed by atoms with Gasteiger partial charge in [-0.05, 0) is 0 Å². The second-order valence-electron chi connectivity index (χ2n) is 4.66. The van der Waals surface area contributed by atoms with Gasteiger partial charge in [0.1, 0.15) is 0 Å². The van der Waals surface area contributed by atoms with E-state index in [0.717, 1.165) is 0 Å². The van der Waals surface area contributed by atoms with Gasteiger partial charge in [0.25, 0.3) is 0 Å². The second-order valence-corrected chi connectivity index (χ2v) is 7.15. The van der Waals surface area contributed by atoms with E-state index in [-0.39, 0.29) is 19.8 Å². The maximum atomic E-state index is 12.1. The fraction of sp³-hybridized carbons (Fsp3) is 0.286. The van der Waals surface area contributed by atoms with Gasteiger partial charge in [-0.2, -0.15) is 0 Å². The molecule has 108 valence electrons. The van der Waals surface area contributed by atoms with Crippen molar-refractivity contribution in [1.29, 1.82) is 0 Å². The second kappa shape index (κ2) is 7.52. The average Bonchev–Trinajstić information content (AvgIpc) is 2.39. The number of carbonyl (C=O) groups excluding carboxylic acids is 2. The summed E-state index contributed by atoms with van der Waals surface area (Å²) in [5.74, 6) is 0.297. The first-order valence-corrected chi connectivity index (χ1v) is 9.67. The van der Waals surface area contributed by atoms with Crippen LogP contribution in [0.15, 0.2) is 24.8 Å². The molecule has 1 aromatic carbocycles. The van der Waals surface area contributed by atoms with Crippen LogP contribution >= 0.6 is 11.0 Å². The third kappa shape index (κ3) is 4.40. The molecule has 20 heavy (non-hydrogen) atoms. The van der Waals surface area contributed by atoms with Crippen LogP contribution in [0.3, 0.4) is 0 Å². The fourth-order valence-corrected chi connectivity index (χ4v) is 3.97. The summed E-state index contributed by atoms with van der Waals surface area (Å²) in [6, 6.07) is 4.80. The molecule has 0 aromatic heterocycles. The number of hydrogen-bond acceptors (Lipinski definition) is 5. The summed E-state index contributed by atoms with van der Waals surface area (Å²) < 4.78 is 10.2. The predicted octanol–water partition coefficient (Wildman–Crippen LogP) is 2.76. The molecular weight excluding hydrogens is 343 g/mol. The number of carbonyl (C=O) groups is 2. The summed E-state index contributed by atoms with van der Waals surface area (Å²) in [5.41, 5.74) is 0.0553. The summed E-state index contributed by atoms with van der Waals surface area (Å²) in [6.45, 7) is 7.57. The van der Waals surface area contributed by atoms with E-state index >= 15 is 0 Å². The molecule has 0 fully saturated rings. The van der Waals surface area contributed by atoms with Gasteiger partial charge in [-0.1, -0.05) is 0 Å². The zero-order valence-corrected chi connectivity index (χ0v) is 13.9. The summed E-state index contributed by atoms with van der Waals surface area (Å²) in [6.07, 6.45) is 1.55. The molecule has 0 saturated heterocycles. The summed E-state index contributed by atoms with van der Waals surface area (Å²) in [4.78, 5) is 22.5. The van der Waals surface area contributed by atoms with E-state index in [9.17, 15) is 9.59 Å². The van der Waals surface area contributed by atoms with E-state index in [4.69, 9.17) is 9.47 Å². The van der Waals surface area contributed by atoms with E-state index in [0.29, 0.717) is 28.9 Å². The normalized spacial score (nSPS) is 10.8. The average molecular weight is 359 g/mol. The molecule has 0 unspecified atom stereocenters. The van der Waals surface area contributed by atoms with Gasteiger partial charge < -0.3 is 0 Å². The van der Waals surface area contributed by atoms with Crippen LogP contribution in [-0.2, 0) is 9.59 Å². The van der Waals surface area contributed by atoms with Crippen molar-refractivity contribution >= 4 is 43.4 Å². The Labute approximate surface area is 129 Å². The molecule has 0 atom stereocenters. The van der Waals surface area contributed by atoms with Gasteiger partial charge in [-0.15, -0.1) is 0 Å². The molecule has 0 saturated carbocycles. The van der Waals surface area contributed by atoms with Gasteiger partial charge in [0.15, 0.2) is 0 Å². The number of hydrogen-bond donors (Lipinski definition) is 1. The fourth-order valence-electron chi connectivity index (χ4n) is 1.37. The van der Waals surface area contributed by atoms with Gasteiger partial charge in [0.2, 0.25) is 0 Å². The molecule has 6 heteroatoms. The van der Waals surface area contributed by atoms with Crippen molar-refractivity contribution in [2.24, 2.45) is 5.41 Å². The number of thiol groups is 1. The molecule has 0 aliphatic rings. The molecular formula is C14H16O4SSe. The number of benzene rings is 1. The number of rotatable bonds is 7. The molecule has 0 spiro atoms. The quantitative estimate of drug-likeness (QED) is 0.267. The Kier molecular flexibility index (Phi) is 6.33. The van der Waals surface area contributed by atoms with Crippen LogP contribution in [0.4, 0.5) is 0 Å². The summed E-state index contributed by atoms with van der Waals surface area (Å²) in [7, 11) is 0. The Balaban J connectivity index is 2.93. The molecule has 0 radical (unpaired) electrons. The Morgan fingerprint density at radius 2 is 2.20 bits per heavy atom. The topological polar surface area (TPSA) is 52.6 Å². The van der Waals surface area contributed by atoms with Crippen LogP contribution in [-0.4, -0.2) is 26.3 Å². The standard InChI is InChI=1S/C14H16O4SSe/c1-4-10-5-6-11(7-12(10)17-9-15)18-13(16)14(2,3)8-20-19/h4-7,9,19H,1,8H2,2-3H3. The minimum atomic E-state index is -0.593. The van der Waals surface area contributed by atoms with E-state index in [2.05, 4.69) is 17.6 Å². The van der Waals surface area contributed by atoms with Crippen molar-refractivity contribution < 1.29 is 19.1 Å². The molecule has 0 aliphatic heterocycles. The monoisotopic (exact) mass is 360 g/mol. The van der Waals surface area contributed by atoms with E-state index < -0.39 is 5.41 Å². The zero-order chi connectivity index (χ0) is 15.2. The maximum absolute atomic E-state index is 12.1. The van der Waals surface area contributed by atoms with Crippen LogP contribution in [0.5, 0.6) is 11.5 Å². The minimum absolute atomic E-state index is 0.0843. The van der Waals surface area contributed by atoms with Crippen molar-refractivity contribution in [2.45, 2.75) is 19.2 Å². The first kappa shape index (κ1) is 16.8. The first-order valence-electron chi connectivity index (χ1n) is 5.80. The third-order valence-corrected chi connectivity index (χ3v) is 5.02. The predicted molar refractivity (Wildman–Crippen MR) is 82.2 cm³/mol. The van der Waals surface area contributed by atoms with Gasteiger partial charge in [-0.25, -0.2) is 0 Å². The van der Waals surface area contributed by atoms with E-state index in [1.807, 2.05) is 13.8 Å². The summed E-state index contributed by atoms with van der Waals surface area (Å²) >= 11 is 4.27. The molecule has 0 amide bonds. The van der Waals surface area contributed by atoms with Crippen LogP contribution < -0.4 is 9.47 Å². The van der Waals surface area contributed by atoms with E-state index in [1.54, 1.807) is 18.2 Å².